The first kappa shape index (κ1) is 17.4. The fourth-order valence-electron chi connectivity index (χ4n) is 2.59. The molecule has 0 saturated carbocycles. The summed E-state index contributed by atoms with van der Waals surface area (Å²) in [6, 6.07) is 11.2. The molecule has 0 saturated heterocycles. The normalized spacial score (nSPS) is 11.7. The van der Waals surface area contributed by atoms with Crippen molar-refractivity contribution in [3.63, 3.8) is 0 Å². The largest absolute Gasteiger partial charge is 0.463 e. The van der Waals surface area contributed by atoms with Gasteiger partial charge >= 0.3 is 0 Å². The number of anilines is 1. The molecule has 27 heavy (non-hydrogen) atoms. The molecule has 2 aromatic heterocycles. The van der Waals surface area contributed by atoms with Crippen molar-refractivity contribution in [2.45, 2.75) is 4.90 Å². The first-order valence-corrected chi connectivity index (χ1v) is 10.5. The quantitative estimate of drug-likeness (QED) is 0.566. The number of amides is 1. The monoisotopic (exact) mass is 400 g/mol. The van der Waals surface area contributed by atoms with Crippen LogP contribution >= 0.6 is 11.3 Å². The van der Waals surface area contributed by atoms with Crippen LogP contribution in [0.15, 0.2) is 62.8 Å². The lowest BCUT2D eigenvalue weighted by molar-refractivity contribution is 0.102. The Kier molecular flexibility index (Phi) is 4.05. The number of thiazole rings is 1. The van der Waals surface area contributed by atoms with Gasteiger partial charge in [-0.15, -0.1) is 0 Å². The van der Waals surface area contributed by atoms with Crippen LogP contribution in [0.5, 0.6) is 0 Å². The Balaban J connectivity index is 1.69. The summed E-state index contributed by atoms with van der Waals surface area (Å²) in [5, 5.41) is 3.14. The minimum atomic E-state index is -3.34. The Bertz CT molecular complexity index is 1370. The van der Waals surface area contributed by atoms with Gasteiger partial charge in [-0.2, -0.15) is 0 Å². The second-order valence-corrected chi connectivity index (χ2v) is 8.90. The number of benzene rings is 2. The highest BCUT2D eigenvalue weighted by atomic mass is 32.2. The van der Waals surface area contributed by atoms with Crippen molar-refractivity contribution in [2.24, 2.45) is 0 Å². The van der Waals surface area contributed by atoms with Crippen molar-refractivity contribution < 1.29 is 17.6 Å². The molecular weight excluding hydrogens is 388 g/mol. The zero-order chi connectivity index (χ0) is 19.2. The van der Waals surface area contributed by atoms with Gasteiger partial charge in [0.2, 0.25) is 5.43 Å². The van der Waals surface area contributed by atoms with Gasteiger partial charge in [0.05, 0.1) is 20.5 Å². The fraction of sp³-hybridized carbons (Fsp3) is 0.0556. The molecular formula is C18H12N2O5S2. The standard InChI is InChI=1S/C18H12N2O5S2/c1-27(23,24)10-6-7-13-15(8-10)26-18(19-13)20-17(22)12-9-25-14-5-3-2-4-11(14)16(12)21/h2-9H,1H3,(H,19,20,22). The average molecular weight is 400 g/mol. The molecule has 0 spiro atoms. The van der Waals surface area contributed by atoms with Gasteiger partial charge in [-0.3, -0.25) is 14.9 Å². The summed E-state index contributed by atoms with van der Waals surface area (Å²) in [6.07, 6.45) is 2.24. The van der Waals surface area contributed by atoms with Crippen molar-refractivity contribution in [1.82, 2.24) is 4.98 Å². The SMILES string of the molecule is CS(=O)(=O)c1ccc2nc(NC(=O)c3coc4ccccc4c3=O)sc2c1. The van der Waals surface area contributed by atoms with Gasteiger partial charge in [-0.05, 0) is 30.3 Å². The van der Waals surface area contributed by atoms with Crippen molar-refractivity contribution in [3.8, 4) is 0 Å². The maximum absolute atomic E-state index is 12.5. The van der Waals surface area contributed by atoms with E-state index in [4.69, 9.17) is 4.42 Å². The highest BCUT2D eigenvalue weighted by molar-refractivity contribution is 7.90. The molecule has 2 aromatic carbocycles. The van der Waals surface area contributed by atoms with E-state index in [1.807, 2.05) is 0 Å². The van der Waals surface area contributed by atoms with Crippen LogP contribution in [-0.4, -0.2) is 25.6 Å². The number of sulfone groups is 1. The fourth-order valence-corrected chi connectivity index (χ4v) is 4.21. The van der Waals surface area contributed by atoms with E-state index in [2.05, 4.69) is 10.3 Å². The number of rotatable bonds is 3. The van der Waals surface area contributed by atoms with Crippen LogP contribution in [0.3, 0.4) is 0 Å². The lowest BCUT2D eigenvalue weighted by Crippen LogP contribution is -2.21. The number of carbonyl (C=O) groups excluding carboxylic acids is 1. The lowest BCUT2D eigenvalue weighted by atomic mass is 10.1. The average Bonchev–Trinajstić information content (AvgIpc) is 3.02. The molecule has 0 aliphatic heterocycles. The van der Waals surface area contributed by atoms with Gasteiger partial charge in [0, 0.05) is 6.26 Å². The van der Waals surface area contributed by atoms with Gasteiger partial charge < -0.3 is 4.42 Å². The van der Waals surface area contributed by atoms with Crippen LogP contribution in [-0.2, 0) is 9.84 Å². The van der Waals surface area contributed by atoms with Gasteiger partial charge in [-0.1, -0.05) is 23.5 Å². The highest BCUT2D eigenvalue weighted by Gasteiger charge is 2.17. The predicted molar refractivity (Wildman–Crippen MR) is 103 cm³/mol. The second kappa shape index (κ2) is 6.29. The maximum Gasteiger partial charge on any atom is 0.264 e. The van der Waals surface area contributed by atoms with E-state index >= 15 is 0 Å². The highest BCUT2D eigenvalue weighted by Crippen LogP contribution is 2.28. The number of carbonyl (C=O) groups is 1. The smallest absolute Gasteiger partial charge is 0.264 e. The number of nitrogens with zero attached hydrogens (tertiary/aromatic N) is 1. The number of hydrogen-bond donors (Lipinski definition) is 1. The van der Waals surface area contributed by atoms with E-state index in [1.54, 1.807) is 30.3 Å². The number of nitrogens with one attached hydrogen (secondary N) is 1. The molecule has 0 bridgehead atoms. The van der Waals surface area contributed by atoms with Gasteiger partial charge in [0.15, 0.2) is 15.0 Å². The third kappa shape index (κ3) is 3.22. The Morgan fingerprint density at radius 2 is 1.96 bits per heavy atom. The van der Waals surface area contributed by atoms with Crippen LogP contribution < -0.4 is 10.7 Å². The summed E-state index contributed by atoms with van der Waals surface area (Å²) in [5.41, 5.74) is 0.375. The Hall–Kier alpha value is -3.04. The second-order valence-electron chi connectivity index (χ2n) is 5.85. The van der Waals surface area contributed by atoms with Crippen LogP contribution in [0, 0.1) is 0 Å². The number of hydrogen-bond acceptors (Lipinski definition) is 7. The molecule has 0 unspecified atom stereocenters. The van der Waals surface area contributed by atoms with E-state index in [-0.39, 0.29) is 15.6 Å². The zero-order valence-corrected chi connectivity index (χ0v) is 15.6. The zero-order valence-electron chi connectivity index (χ0n) is 13.9. The van der Waals surface area contributed by atoms with Crippen molar-refractivity contribution in [1.29, 1.82) is 0 Å². The molecule has 0 atom stereocenters. The summed E-state index contributed by atoms with van der Waals surface area (Å²) in [7, 11) is -3.34. The summed E-state index contributed by atoms with van der Waals surface area (Å²) < 4.78 is 29.3. The van der Waals surface area contributed by atoms with E-state index < -0.39 is 21.2 Å². The first-order valence-electron chi connectivity index (χ1n) is 7.75. The van der Waals surface area contributed by atoms with Crippen molar-refractivity contribution in [3.05, 3.63) is 64.5 Å². The molecule has 4 rings (SSSR count). The van der Waals surface area contributed by atoms with Crippen LogP contribution in [0.2, 0.25) is 0 Å². The van der Waals surface area contributed by atoms with Crippen LogP contribution in [0.4, 0.5) is 5.13 Å². The Labute approximate surface area is 157 Å². The van der Waals surface area contributed by atoms with E-state index in [9.17, 15) is 18.0 Å². The summed E-state index contributed by atoms with van der Waals surface area (Å²) in [6.45, 7) is 0. The molecule has 2 heterocycles. The molecule has 1 N–H and O–H groups in total. The number of fused-ring (bicyclic) bond motifs is 2. The molecule has 0 radical (unpaired) electrons. The number of para-hydroxylation sites is 1. The van der Waals surface area contributed by atoms with E-state index in [0.29, 0.717) is 21.2 Å². The van der Waals surface area contributed by atoms with Gasteiger partial charge in [0.1, 0.15) is 17.4 Å². The molecule has 4 aromatic rings. The first-order chi connectivity index (χ1) is 12.8. The molecule has 0 aliphatic carbocycles. The predicted octanol–water partition coefficient (Wildman–Crippen LogP) is 3.06. The minimum absolute atomic E-state index is 0.134. The molecule has 0 fully saturated rings. The lowest BCUT2D eigenvalue weighted by Gasteiger charge is -2.02. The van der Waals surface area contributed by atoms with Gasteiger partial charge in [-0.25, -0.2) is 13.4 Å². The molecule has 0 aliphatic rings. The van der Waals surface area contributed by atoms with Crippen LogP contribution in [0.1, 0.15) is 10.4 Å². The summed E-state index contributed by atoms with van der Waals surface area (Å²) in [5.74, 6) is -0.642. The van der Waals surface area contributed by atoms with Gasteiger partial charge in [0.25, 0.3) is 5.91 Å². The van der Waals surface area contributed by atoms with Crippen LogP contribution in [0.25, 0.3) is 21.2 Å². The van der Waals surface area contributed by atoms with Crippen molar-refractivity contribution in [2.75, 3.05) is 11.6 Å². The maximum atomic E-state index is 12.5. The topological polar surface area (TPSA) is 106 Å². The third-order valence-corrected chi connectivity index (χ3v) is 5.98. The van der Waals surface area contributed by atoms with E-state index in [0.717, 1.165) is 23.9 Å². The van der Waals surface area contributed by atoms with E-state index in [1.165, 1.54) is 12.1 Å². The Morgan fingerprint density at radius 1 is 1.19 bits per heavy atom. The summed E-state index contributed by atoms with van der Waals surface area (Å²) >= 11 is 1.12. The molecule has 9 heteroatoms. The summed E-state index contributed by atoms with van der Waals surface area (Å²) in [4.78, 5) is 29.4. The Morgan fingerprint density at radius 3 is 2.74 bits per heavy atom. The molecule has 136 valence electrons. The minimum Gasteiger partial charge on any atom is -0.463 e. The number of aromatic nitrogens is 1. The third-order valence-electron chi connectivity index (χ3n) is 3.93. The van der Waals surface area contributed by atoms with Crippen molar-refractivity contribution >= 4 is 53.4 Å². The molecule has 7 nitrogen and oxygen atoms in total. The molecule has 1 amide bonds.